The Balaban J connectivity index is 0.000000297. The molecule has 194 valence electrons. The molecule has 0 fully saturated rings. The van der Waals surface area contributed by atoms with Crippen LogP contribution in [0, 0.1) is 0 Å². The molecule has 0 aliphatic carbocycles. The van der Waals surface area contributed by atoms with E-state index in [1.807, 2.05) is 0 Å². The Morgan fingerprint density at radius 2 is 1.22 bits per heavy atom. The SMILES string of the molecule is CS(=O)(=O)Nc1ccc(N)cc1O.CS(=O)(=O)Nc1ccc(NC(=O)c2ccc(O)c(O)c2)cc1O. The number of nitrogens with one attached hydrogen (secondary N) is 3. The smallest absolute Gasteiger partial charge is 0.255 e. The number of carbonyl (C=O) groups excluding carboxylic acids is 1. The summed E-state index contributed by atoms with van der Waals surface area (Å²) in [6.07, 6.45) is 1.95. The van der Waals surface area contributed by atoms with Gasteiger partial charge in [-0.15, -0.1) is 0 Å². The summed E-state index contributed by atoms with van der Waals surface area (Å²) in [5.41, 5.74) is 6.14. The number of hydrogen-bond donors (Lipinski definition) is 8. The lowest BCUT2D eigenvalue weighted by atomic mass is 10.2. The third-order valence-electron chi connectivity index (χ3n) is 4.11. The molecule has 0 aliphatic heterocycles. The first-order valence-electron chi connectivity index (χ1n) is 9.74. The van der Waals surface area contributed by atoms with Gasteiger partial charge in [0, 0.05) is 29.1 Å². The summed E-state index contributed by atoms with van der Waals surface area (Å²) in [5.74, 6) is -1.92. The van der Waals surface area contributed by atoms with E-state index in [0.717, 1.165) is 18.6 Å². The van der Waals surface area contributed by atoms with E-state index in [1.165, 1.54) is 48.5 Å². The first kappa shape index (κ1) is 27.9. The van der Waals surface area contributed by atoms with Gasteiger partial charge in [0.1, 0.15) is 11.5 Å². The first-order valence-corrected chi connectivity index (χ1v) is 13.5. The van der Waals surface area contributed by atoms with E-state index in [2.05, 4.69) is 14.8 Å². The van der Waals surface area contributed by atoms with E-state index in [4.69, 9.17) is 5.73 Å². The molecule has 3 aromatic rings. The lowest BCUT2D eigenvalue weighted by molar-refractivity contribution is 0.102. The lowest BCUT2D eigenvalue weighted by Gasteiger charge is -2.10. The number of anilines is 4. The van der Waals surface area contributed by atoms with Gasteiger partial charge in [0.2, 0.25) is 20.0 Å². The van der Waals surface area contributed by atoms with Crippen LogP contribution in [0.1, 0.15) is 10.4 Å². The van der Waals surface area contributed by atoms with Crippen LogP contribution in [0.3, 0.4) is 0 Å². The molecule has 13 nitrogen and oxygen atoms in total. The van der Waals surface area contributed by atoms with Gasteiger partial charge in [-0.1, -0.05) is 0 Å². The van der Waals surface area contributed by atoms with Gasteiger partial charge in [-0.2, -0.15) is 0 Å². The first-order chi connectivity index (χ1) is 16.5. The number of nitrogens with two attached hydrogens (primary N) is 1. The number of nitrogen functional groups attached to an aromatic ring is 1. The van der Waals surface area contributed by atoms with Crippen LogP contribution in [0.5, 0.6) is 23.0 Å². The van der Waals surface area contributed by atoms with Crippen LogP contribution in [-0.4, -0.2) is 55.7 Å². The zero-order chi connectivity index (χ0) is 27.3. The van der Waals surface area contributed by atoms with Crippen LogP contribution in [0.4, 0.5) is 22.7 Å². The van der Waals surface area contributed by atoms with Crippen LogP contribution < -0.4 is 20.5 Å². The van der Waals surface area contributed by atoms with E-state index >= 15 is 0 Å². The fourth-order valence-electron chi connectivity index (χ4n) is 2.60. The van der Waals surface area contributed by atoms with Crippen molar-refractivity contribution in [3.63, 3.8) is 0 Å². The predicted molar refractivity (Wildman–Crippen MR) is 135 cm³/mol. The van der Waals surface area contributed by atoms with E-state index < -0.39 is 31.7 Å². The predicted octanol–water partition coefficient (Wildman–Crippen LogP) is 1.77. The molecule has 3 rings (SSSR count). The molecule has 0 heterocycles. The van der Waals surface area contributed by atoms with E-state index in [0.29, 0.717) is 5.69 Å². The zero-order valence-corrected chi connectivity index (χ0v) is 20.6. The fourth-order valence-corrected chi connectivity index (χ4v) is 3.74. The topological polar surface area (TPSA) is 228 Å². The molecule has 9 N–H and O–H groups in total. The third kappa shape index (κ3) is 8.77. The molecule has 0 saturated carbocycles. The van der Waals surface area contributed by atoms with Crippen LogP contribution in [0.2, 0.25) is 0 Å². The zero-order valence-electron chi connectivity index (χ0n) is 18.9. The largest absolute Gasteiger partial charge is 0.506 e. The molecule has 3 aromatic carbocycles. The number of amides is 1. The van der Waals surface area contributed by atoms with E-state index in [1.54, 1.807) is 0 Å². The van der Waals surface area contributed by atoms with Crippen molar-refractivity contribution < 1.29 is 42.1 Å². The number of aromatic hydroxyl groups is 4. The van der Waals surface area contributed by atoms with Gasteiger partial charge < -0.3 is 31.5 Å². The van der Waals surface area contributed by atoms with E-state index in [-0.39, 0.29) is 39.9 Å². The highest BCUT2D eigenvalue weighted by Gasteiger charge is 2.12. The summed E-state index contributed by atoms with van der Waals surface area (Å²) in [7, 11) is -6.90. The van der Waals surface area contributed by atoms with Crippen molar-refractivity contribution >= 4 is 48.7 Å². The second-order valence-electron chi connectivity index (χ2n) is 7.41. The summed E-state index contributed by atoms with van der Waals surface area (Å²) >= 11 is 0. The van der Waals surface area contributed by atoms with Gasteiger partial charge in [0.15, 0.2) is 11.5 Å². The van der Waals surface area contributed by atoms with Crippen LogP contribution in [0.25, 0.3) is 0 Å². The fraction of sp³-hybridized carbons (Fsp3) is 0.0952. The van der Waals surface area contributed by atoms with Crippen molar-refractivity contribution in [3.05, 3.63) is 60.2 Å². The standard InChI is InChI=1S/C14H14N2O6S.C7H10N2O3S/c1-23(21,22)16-10-4-3-9(7-12(10)18)15-14(20)8-2-5-11(17)13(19)6-8;1-13(11,12)9-6-3-2-5(8)4-7(6)10/h2-7,16-19H,1H3,(H,15,20);2-4,9-10H,8H2,1H3. The molecule has 0 bridgehead atoms. The Bertz CT molecular complexity index is 1490. The number of phenolic OH excluding ortho intramolecular Hbond substituents is 4. The van der Waals surface area contributed by atoms with Gasteiger partial charge >= 0.3 is 0 Å². The molecule has 0 aromatic heterocycles. The minimum atomic E-state index is -3.54. The molecule has 36 heavy (non-hydrogen) atoms. The quantitative estimate of drug-likeness (QED) is 0.167. The number of rotatable bonds is 6. The van der Waals surface area contributed by atoms with Gasteiger partial charge in [-0.3, -0.25) is 14.2 Å². The molecule has 0 spiro atoms. The maximum Gasteiger partial charge on any atom is 0.255 e. The van der Waals surface area contributed by atoms with Crippen molar-refractivity contribution in [2.45, 2.75) is 0 Å². The molecule has 0 atom stereocenters. The Labute approximate surface area is 206 Å². The maximum absolute atomic E-state index is 12.0. The Morgan fingerprint density at radius 1 is 0.694 bits per heavy atom. The second kappa shape index (κ2) is 10.9. The van der Waals surface area contributed by atoms with Crippen molar-refractivity contribution in [1.82, 2.24) is 0 Å². The highest BCUT2D eigenvalue weighted by atomic mass is 32.2. The molecular formula is C21H24N4O9S2. The molecule has 0 unspecified atom stereocenters. The average Bonchev–Trinajstić information content (AvgIpc) is 2.73. The number of benzene rings is 3. The van der Waals surface area contributed by atoms with Crippen LogP contribution in [0.15, 0.2) is 54.6 Å². The molecular weight excluding hydrogens is 516 g/mol. The monoisotopic (exact) mass is 540 g/mol. The number of sulfonamides is 2. The molecule has 0 saturated heterocycles. The Kier molecular flexibility index (Phi) is 8.45. The van der Waals surface area contributed by atoms with Gasteiger partial charge in [-0.25, -0.2) is 16.8 Å². The maximum atomic E-state index is 12.0. The number of carbonyl (C=O) groups is 1. The Morgan fingerprint density at radius 3 is 1.69 bits per heavy atom. The number of phenols is 4. The minimum absolute atomic E-state index is 0.0206. The summed E-state index contributed by atoms with van der Waals surface area (Å²) in [6, 6.07) is 11.6. The van der Waals surface area contributed by atoms with Crippen LogP contribution >= 0.6 is 0 Å². The highest BCUT2D eigenvalue weighted by molar-refractivity contribution is 7.92. The Hall–Kier alpha value is -4.37. The summed E-state index contributed by atoms with van der Waals surface area (Å²) in [6.45, 7) is 0. The lowest BCUT2D eigenvalue weighted by Crippen LogP contribution is -2.12. The molecule has 0 radical (unpaired) electrons. The van der Waals surface area contributed by atoms with Crippen molar-refractivity contribution in [2.75, 3.05) is 33.0 Å². The van der Waals surface area contributed by atoms with Gasteiger partial charge in [0.05, 0.1) is 23.9 Å². The van der Waals surface area contributed by atoms with Crippen molar-refractivity contribution in [1.29, 1.82) is 0 Å². The van der Waals surface area contributed by atoms with Crippen molar-refractivity contribution in [3.8, 4) is 23.0 Å². The van der Waals surface area contributed by atoms with Gasteiger partial charge in [0.25, 0.3) is 5.91 Å². The third-order valence-corrected chi connectivity index (χ3v) is 5.29. The summed E-state index contributed by atoms with van der Waals surface area (Å²) in [5, 5.41) is 40.1. The molecule has 15 heteroatoms. The molecule has 1 amide bonds. The number of hydrogen-bond acceptors (Lipinski definition) is 10. The summed E-state index contributed by atoms with van der Waals surface area (Å²) in [4.78, 5) is 12.0. The normalized spacial score (nSPS) is 11.1. The van der Waals surface area contributed by atoms with Crippen molar-refractivity contribution in [2.24, 2.45) is 0 Å². The van der Waals surface area contributed by atoms with Crippen LogP contribution in [-0.2, 0) is 20.0 Å². The summed E-state index contributed by atoms with van der Waals surface area (Å²) < 4.78 is 48.1. The van der Waals surface area contributed by atoms with E-state index in [9.17, 15) is 42.1 Å². The minimum Gasteiger partial charge on any atom is -0.506 e. The second-order valence-corrected chi connectivity index (χ2v) is 10.9. The average molecular weight is 541 g/mol. The highest BCUT2D eigenvalue weighted by Crippen LogP contribution is 2.29. The van der Waals surface area contributed by atoms with Gasteiger partial charge in [-0.05, 0) is 42.5 Å². The molecule has 0 aliphatic rings.